The van der Waals surface area contributed by atoms with Crippen LogP contribution in [0.15, 0.2) is 113 Å². The van der Waals surface area contributed by atoms with Crippen LogP contribution in [0.2, 0.25) is 5.02 Å². The predicted molar refractivity (Wildman–Crippen MR) is 140 cm³/mol. The normalized spacial score (nSPS) is 14.9. The number of para-hydroxylation sites is 2. The number of benzene rings is 4. The molecule has 5 rings (SSSR count). The summed E-state index contributed by atoms with van der Waals surface area (Å²) in [6.45, 7) is 1.96. The monoisotopic (exact) mass is 463 g/mol. The molecule has 4 aromatic carbocycles. The number of amidine groups is 1. The van der Waals surface area contributed by atoms with Gasteiger partial charge in [-0.3, -0.25) is 9.79 Å². The lowest BCUT2D eigenvalue weighted by molar-refractivity contribution is 0.0976. The van der Waals surface area contributed by atoms with Crippen LogP contribution < -0.4 is 5.32 Å². The Labute approximate surface area is 203 Å². The summed E-state index contributed by atoms with van der Waals surface area (Å²) in [5.41, 5.74) is 6.00. The van der Waals surface area contributed by atoms with E-state index in [-0.39, 0.29) is 11.8 Å². The molecule has 0 spiro atoms. The standard InChI is InChI=1S/C29H22ClN3O/c1-19-27(22-15-17-24(30)18-16-22)28(32-26-10-6-5-9-25(26)31-19)33-29(34)23-13-11-21(12-14-23)20-7-3-2-4-8-20/h2-18,27H,1H3,(H,32,33,34)/t27-/m1/s1. The summed E-state index contributed by atoms with van der Waals surface area (Å²) in [5, 5.41) is 3.72. The number of hydrogen-bond donors (Lipinski definition) is 1. The van der Waals surface area contributed by atoms with Crippen molar-refractivity contribution in [3.8, 4) is 11.1 Å². The van der Waals surface area contributed by atoms with Gasteiger partial charge in [-0.1, -0.05) is 78.3 Å². The number of halogens is 1. The molecule has 0 radical (unpaired) electrons. The molecule has 1 aliphatic heterocycles. The molecule has 0 bridgehead atoms. The molecular weight excluding hydrogens is 442 g/mol. The number of rotatable bonds is 3. The second-order valence-corrected chi connectivity index (χ2v) is 8.56. The van der Waals surface area contributed by atoms with Crippen LogP contribution in [0.4, 0.5) is 11.4 Å². The number of nitrogens with one attached hydrogen (secondary N) is 1. The Hall–Kier alpha value is -4.02. The molecule has 1 amide bonds. The third kappa shape index (κ3) is 4.54. The zero-order valence-corrected chi connectivity index (χ0v) is 19.3. The lowest BCUT2D eigenvalue weighted by Crippen LogP contribution is -2.37. The molecule has 4 aromatic rings. The minimum Gasteiger partial charge on any atom is -0.309 e. The molecule has 166 valence electrons. The molecule has 34 heavy (non-hydrogen) atoms. The van der Waals surface area contributed by atoms with Crippen molar-refractivity contribution in [2.75, 3.05) is 0 Å². The van der Waals surface area contributed by atoms with Crippen LogP contribution in [0.1, 0.15) is 28.8 Å². The average Bonchev–Trinajstić information content (AvgIpc) is 3.00. The summed E-state index contributed by atoms with van der Waals surface area (Å²) in [4.78, 5) is 22.9. The fraction of sp³-hybridized carbons (Fsp3) is 0.0690. The van der Waals surface area contributed by atoms with Crippen molar-refractivity contribution in [3.05, 3.63) is 119 Å². The fourth-order valence-corrected chi connectivity index (χ4v) is 4.21. The van der Waals surface area contributed by atoms with Gasteiger partial charge in [-0.15, -0.1) is 0 Å². The minimum atomic E-state index is -0.308. The Balaban J connectivity index is 1.49. The first kappa shape index (κ1) is 21.8. The van der Waals surface area contributed by atoms with Gasteiger partial charge in [0.2, 0.25) is 0 Å². The van der Waals surface area contributed by atoms with Crippen LogP contribution in [0.25, 0.3) is 11.1 Å². The van der Waals surface area contributed by atoms with Crippen LogP contribution in [0, 0.1) is 0 Å². The molecule has 4 nitrogen and oxygen atoms in total. The number of aliphatic imine (C=N–C) groups is 2. The van der Waals surface area contributed by atoms with Crippen molar-refractivity contribution in [2.45, 2.75) is 12.8 Å². The molecule has 0 saturated carbocycles. The van der Waals surface area contributed by atoms with Crippen LogP contribution in [-0.4, -0.2) is 17.5 Å². The van der Waals surface area contributed by atoms with Gasteiger partial charge in [0, 0.05) is 16.3 Å². The Kier molecular flexibility index (Phi) is 6.07. The Morgan fingerprint density at radius 2 is 1.32 bits per heavy atom. The van der Waals surface area contributed by atoms with E-state index in [1.54, 1.807) is 0 Å². The topological polar surface area (TPSA) is 53.8 Å². The molecule has 0 saturated heterocycles. The lowest BCUT2D eigenvalue weighted by atomic mass is 9.93. The van der Waals surface area contributed by atoms with Gasteiger partial charge < -0.3 is 5.32 Å². The summed E-state index contributed by atoms with van der Waals surface area (Å²) < 4.78 is 0. The fourth-order valence-electron chi connectivity index (χ4n) is 4.09. The molecule has 0 unspecified atom stereocenters. The molecule has 5 heteroatoms. The van der Waals surface area contributed by atoms with Gasteiger partial charge in [0.05, 0.1) is 17.3 Å². The van der Waals surface area contributed by atoms with E-state index in [0.717, 1.165) is 28.1 Å². The maximum absolute atomic E-state index is 13.3. The van der Waals surface area contributed by atoms with Crippen molar-refractivity contribution in [1.29, 1.82) is 0 Å². The largest absolute Gasteiger partial charge is 0.309 e. The molecule has 1 heterocycles. The SMILES string of the molecule is CC1=Nc2ccccc2N=C(NC(=O)c2ccc(-c3ccccc3)cc2)[C@H]1c1ccc(Cl)cc1. The Morgan fingerprint density at radius 3 is 2.00 bits per heavy atom. The Bertz CT molecular complexity index is 1390. The highest BCUT2D eigenvalue weighted by Gasteiger charge is 2.26. The van der Waals surface area contributed by atoms with E-state index in [1.807, 2.05) is 110 Å². The van der Waals surface area contributed by atoms with Crippen LogP contribution in [0.5, 0.6) is 0 Å². The first-order valence-corrected chi connectivity index (χ1v) is 11.4. The van der Waals surface area contributed by atoms with E-state index in [2.05, 4.69) is 5.32 Å². The first-order chi connectivity index (χ1) is 16.6. The summed E-state index contributed by atoms with van der Waals surface area (Å²) >= 11 is 6.12. The van der Waals surface area contributed by atoms with Crippen LogP contribution >= 0.6 is 11.6 Å². The molecular formula is C29H22ClN3O. The van der Waals surface area contributed by atoms with E-state index >= 15 is 0 Å². The van der Waals surface area contributed by atoms with Crippen LogP contribution in [0.3, 0.4) is 0 Å². The third-order valence-electron chi connectivity index (χ3n) is 5.81. The Morgan fingerprint density at radius 1 is 0.735 bits per heavy atom. The first-order valence-electron chi connectivity index (χ1n) is 11.0. The zero-order chi connectivity index (χ0) is 23.5. The molecule has 1 atom stereocenters. The predicted octanol–water partition coefficient (Wildman–Crippen LogP) is 7.36. The second-order valence-electron chi connectivity index (χ2n) is 8.12. The van der Waals surface area contributed by atoms with Crippen LogP contribution in [-0.2, 0) is 0 Å². The summed E-state index contributed by atoms with van der Waals surface area (Å²) in [5.74, 6) is 0.00683. The number of nitrogens with zero attached hydrogens (tertiary/aromatic N) is 2. The molecule has 0 fully saturated rings. The number of amides is 1. The van der Waals surface area contributed by atoms with Gasteiger partial charge in [0.1, 0.15) is 5.84 Å². The molecule has 1 aliphatic rings. The molecule has 0 aliphatic carbocycles. The van der Waals surface area contributed by atoms with Crippen molar-refractivity contribution in [3.63, 3.8) is 0 Å². The summed E-state index contributed by atoms with van der Waals surface area (Å²) in [6, 6.07) is 32.9. The highest BCUT2D eigenvalue weighted by Crippen LogP contribution is 2.34. The van der Waals surface area contributed by atoms with Gasteiger partial charge in [-0.2, -0.15) is 0 Å². The quantitative estimate of drug-likeness (QED) is 0.339. The minimum absolute atomic E-state index is 0.218. The average molecular weight is 464 g/mol. The van der Waals surface area contributed by atoms with Crippen molar-refractivity contribution < 1.29 is 4.79 Å². The van der Waals surface area contributed by atoms with E-state index < -0.39 is 0 Å². The van der Waals surface area contributed by atoms with E-state index in [4.69, 9.17) is 21.6 Å². The lowest BCUT2D eigenvalue weighted by Gasteiger charge is -2.19. The molecule has 0 aromatic heterocycles. The zero-order valence-electron chi connectivity index (χ0n) is 18.6. The third-order valence-corrected chi connectivity index (χ3v) is 6.06. The highest BCUT2D eigenvalue weighted by atomic mass is 35.5. The van der Waals surface area contributed by atoms with Crippen molar-refractivity contribution >= 4 is 40.4 Å². The van der Waals surface area contributed by atoms with Gasteiger partial charge in [-0.05, 0) is 60.0 Å². The number of carbonyl (C=O) groups excluding carboxylic acids is 1. The van der Waals surface area contributed by atoms with Gasteiger partial charge >= 0.3 is 0 Å². The number of carbonyl (C=O) groups is 1. The highest BCUT2D eigenvalue weighted by molar-refractivity contribution is 6.30. The summed E-state index contributed by atoms with van der Waals surface area (Å²) in [6.07, 6.45) is 0. The molecule has 1 N–H and O–H groups in total. The van der Waals surface area contributed by atoms with Crippen molar-refractivity contribution in [2.24, 2.45) is 9.98 Å². The van der Waals surface area contributed by atoms with Crippen molar-refractivity contribution in [1.82, 2.24) is 5.32 Å². The van der Waals surface area contributed by atoms with E-state index in [1.165, 1.54) is 0 Å². The number of fused-ring (bicyclic) bond motifs is 1. The van der Waals surface area contributed by atoms with E-state index in [9.17, 15) is 4.79 Å². The second kappa shape index (κ2) is 9.46. The van der Waals surface area contributed by atoms with Gasteiger partial charge in [0.15, 0.2) is 0 Å². The maximum atomic E-state index is 13.3. The maximum Gasteiger partial charge on any atom is 0.256 e. The van der Waals surface area contributed by atoms with Gasteiger partial charge in [0.25, 0.3) is 5.91 Å². The smallest absolute Gasteiger partial charge is 0.256 e. The van der Waals surface area contributed by atoms with E-state index in [0.29, 0.717) is 22.1 Å². The van der Waals surface area contributed by atoms with Gasteiger partial charge in [-0.25, -0.2) is 4.99 Å². The number of hydrogen-bond acceptors (Lipinski definition) is 3. The summed E-state index contributed by atoms with van der Waals surface area (Å²) in [7, 11) is 0.